The van der Waals surface area contributed by atoms with Gasteiger partial charge in [0.25, 0.3) is 0 Å². The molecule has 0 saturated carbocycles. The number of rotatable bonds is 6. The number of hydrogen-bond donors (Lipinski definition) is 0. The van der Waals surface area contributed by atoms with Crippen molar-refractivity contribution in [3.05, 3.63) is 212 Å². The van der Waals surface area contributed by atoms with Crippen molar-refractivity contribution in [3.8, 4) is 33.4 Å². The fourth-order valence-corrected chi connectivity index (χ4v) is 8.11. The highest BCUT2D eigenvalue weighted by molar-refractivity contribution is 6.15. The van der Waals surface area contributed by atoms with Crippen molar-refractivity contribution in [2.75, 3.05) is 4.90 Å². The summed E-state index contributed by atoms with van der Waals surface area (Å²) in [6.07, 6.45) is 0. The van der Waals surface area contributed by atoms with Gasteiger partial charge in [-0.05, 0) is 102 Å². The first kappa shape index (κ1) is 30.8. The lowest BCUT2D eigenvalue weighted by atomic mass is 9.91. The van der Waals surface area contributed by atoms with Gasteiger partial charge in [-0.25, -0.2) is 0 Å². The normalized spacial score (nSPS) is 11.4. The third-order valence-corrected chi connectivity index (χ3v) is 10.6. The van der Waals surface area contributed by atoms with Crippen molar-refractivity contribution in [2.24, 2.45) is 0 Å². The number of hydrogen-bond acceptors (Lipinski definition) is 1. The Kier molecular flexibility index (Phi) is 7.55. The summed E-state index contributed by atoms with van der Waals surface area (Å²) in [5, 5.41) is 9.94. The average molecular weight is 674 g/mol. The summed E-state index contributed by atoms with van der Waals surface area (Å²) in [5.74, 6) is 0. The largest absolute Gasteiger partial charge is 0.309 e. The minimum absolute atomic E-state index is 1.10. The predicted molar refractivity (Wildman–Crippen MR) is 227 cm³/mol. The van der Waals surface area contributed by atoms with E-state index in [2.05, 4.69) is 217 Å². The highest BCUT2D eigenvalue weighted by atomic mass is 15.1. The van der Waals surface area contributed by atoms with Crippen molar-refractivity contribution < 1.29 is 0 Å². The first-order chi connectivity index (χ1) is 26.3. The molecule has 53 heavy (non-hydrogen) atoms. The number of para-hydroxylation sites is 1. The Hall–Kier alpha value is -6.96. The second kappa shape index (κ2) is 13.0. The first-order valence-corrected chi connectivity index (χ1v) is 18.3. The van der Waals surface area contributed by atoms with Crippen LogP contribution in [0.4, 0.5) is 17.1 Å². The topological polar surface area (TPSA) is 3.24 Å². The molecule has 0 aromatic heterocycles. The molecule has 248 valence electrons. The van der Waals surface area contributed by atoms with Gasteiger partial charge in [-0.2, -0.15) is 0 Å². The Balaban J connectivity index is 1.21. The van der Waals surface area contributed by atoms with Crippen molar-refractivity contribution in [2.45, 2.75) is 0 Å². The summed E-state index contributed by atoms with van der Waals surface area (Å²) >= 11 is 0. The van der Waals surface area contributed by atoms with Crippen molar-refractivity contribution in [3.63, 3.8) is 0 Å². The number of fused-ring (bicyclic) bond motifs is 5. The van der Waals surface area contributed by atoms with Crippen LogP contribution in [-0.4, -0.2) is 0 Å². The molecule has 10 aromatic carbocycles. The van der Waals surface area contributed by atoms with Crippen LogP contribution in [0.1, 0.15) is 0 Å². The summed E-state index contributed by atoms with van der Waals surface area (Å²) in [4.78, 5) is 2.46. The van der Waals surface area contributed by atoms with E-state index in [1.165, 1.54) is 76.5 Å². The predicted octanol–water partition coefficient (Wildman–Crippen LogP) is 14.8. The smallest absolute Gasteiger partial charge is 0.0540 e. The Bertz CT molecular complexity index is 2940. The molecule has 0 aliphatic heterocycles. The van der Waals surface area contributed by atoms with Crippen LogP contribution in [0.25, 0.3) is 76.5 Å². The van der Waals surface area contributed by atoms with Crippen LogP contribution in [0, 0.1) is 0 Å². The van der Waals surface area contributed by atoms with E-state index in [0.29, 0.717) is 0 Å². The summed E-state index contributed by atoms with van der Waals surface area (Å²) in [6, 6.07) is 77.3. The van der Waals surface area contributed by atoms with E-state index >= 15 is 0 Å². The van der Waals surface area contributed by atoms with Crippen molar-refractivity contribution in [1.82, 2.24) is 0 Å². The third-order valence-electron chi connectivity index (χ3n) is 10.6. The molecule has 0 unspecified atom stereocenters. The van der Waals surface area contributed by atoms with Crippen molar-refractivity contribution >= 4 is 60.2 Å². The second-order valence-electron chi connectivity index (χ2n) is 13.7. The summed E-state index contributed by atoms with van der Waals surface area (Å²) in [6.45, 7) is 0. The molecule has 0 saturated heterocycles. The lowest BCUT2D eigenvalue weighted by Gasteiger charge is -2.30. The van der Waals surface area contributed by atoms with E-state index in [9.17, 15) is 0 Å². The van der Waals surface area contributed by atoms with Crippen LogP contribution >= 0.6 is 0 Å². The number of benzene rings is 10. The van der Waals surface area contributed by atoms with Gasteiger partial charge in [0.05, 0.1) is 11.4 Å². The minimum atomic E-state index is 1.10. The van der Waals surface area contributed by atoms with Gasteiger partial charge < -0.3 is 4.90 Å². The summed E-state index contributed by atoms with van der Waals surface area (Å²) in [5.41, 5.74) is 10.6. The summed E-state index contributed by atoms with van der Waals surface area (Å²) < 4.78 is 0. The van der Waals surface area contributed by atoms with E-state index in [4.69, 9.17) is 0 Å². The molecule has 0 radical (unpaired) electrons. The fraction of sp³-hybridized carbons (Fsp3) is 0. The minimum Gasteiger partial charge on any atom is -0.309 e. The van der Waals surface area contributed by atoms with Crippen molar-refractivity contribution in [1.29, 1.82) is 0 Å². The lowest BCUT2D eigenvalue weighted by molar-refractivity contribution is 1.30. The van der Waals surface area contributed by atoms with Gasteiger partial charge in [0.2, 0.25) is 0 Å². The van der Waals surface area contributed by atoms with Crippen LogP contribution in [0.3, 0.4) is 0 Å². The highest BCUT2D eigenvalue weighted by Gasteiger charge is 2.21. The molecule has 1 heteroatoms. The molecule has 0 heterocycles. The van der Waals surface area contributed by atoms with Gasteiger partial charge >= 0.3 is 0 Å². The van der Waals surface area contributed by atoms with Gasteiger partial charge in [-0.3, -0.25) is 0 Å². The maximum absolute atomic E-state index is 2.46. The lowest BCUT2D eigenvalue weighted by Crippen LogP contribution is -2.12. The molecule has 0 N–H and O–H groups in total. The van der Waals surface area contributed by atoms with Crippen LogP contribution in [0.15, 0.2) is 212 Å². The molecule has 0 aliphatic rings. The maximum atomic E-state index is 2.46. The van der Waals surface area contributed by atoms with Gasteiger partial charge in [0.15, 0.2) is 0 Å². The first-order valence-electron chi connectivity index (χ1n) is 18.3. The van der Waals surface area contributed by atoms with E-state index in [-0.39, 0.29) is 0 Å². The molecule has 0 amide bonds. The van der Waals surface area contributed by atoms with E-state index in [1.807, 2.05) is 0 Å². The number of nitrogens with zero attached hydrogens (tertiary/aromatic N) is 1. The molecular formula is C52H35N. The van der Waals surface area contributed by atoms with Gasteiger partial charge in [0, 0.05) is 16.6 Å². The van der Waals surface area contributed by atoms with Crippen LogP contribution in [-0.2, 0) is 0 Å². The molecule has 0 bridgehead atoms. The Morgan fingerprint density at radius 2 is 0.811 bits per heavy atom. The van der Waals surface area contributed by atoms with E-state index in [0.717, 1.165) is 17.1 Å². The third kappa shape index (κ3) is 5.42. The molecule has 0 spiro atoms. The van der Waals surface area contributed by atoms with Crippen LogP contribution in [0.2, 0.25) is 0 Å². The SMILES string of the molecule is c1ccc(-c2cccc3c(N(c4ccc(-c5ccc6ccccc6c5)cc4)c4ccccc4-c4cc5ccccc5c5ccccc45)cccc23)cc1. The second-order valence-corrected chi connectivity index (χ2v) is 13.7. The maximum Gasteiger partial charge on any atom is 0.0540 e. The zero-order chi connectivity index (χ0) is 35.1. The molecule has 0 fully saturated rings. The molecule has 0 atom stereocenters. The van der Waals surface area contributed by atoms with Crippen LogP contribution < -0.4 is 4.90 Å². The molecule has 0 aliphatic carbocycles. The molecule has 10 aromatic rings. The van der Waals surface area contributed by atoms with Crippen LogP contribution in [0.5, 0.6) is 0 Å². The molecule has 10 rings (SSSR count). The Labute approximate surface area is 309 Å². The Morgan fingerprint density at radius 3 is 1.66 bits per heavy atom. The zero-order valence-electron chi connectivity index (χ0n) is 29.2. The fourth-order valence-electron chi connectivity index (χ4n) is 8.11. The number of anilines is 3. The Morgan fingerprint density at radius 1 is 0.245 bits per heavy atom. The quantitative estimate of drug-likeness (QED) is 0.159. The molecule has 1 nitrogen and oxygen atoms in total. The average Bonchev–Trinajstić information content (AvgIpc) is 3.24. The van der Waals surface area contributed by atoms with E-state index < -0.39 is 0 Å². The monoisotopic (exact) mass is 673 g/mol. The standard InChI is InChI=1S/C52H35N/c1-2-15-38(16-3-1)43-23-12-25-48-46(43)24-13-27-52(48)53(42-32-30-37(31-33-42)40-29-28-36-14-4-5-17-39(36)34-40)51-26-11-10-22-49(51)50-35-41-18-6-7-19-44(41)45-20-8-9-21-47(45)50/h1-35H. The molecular weight excluding hydrogens is 639 g/mol. The summed E-state index contributed by atoms with van der Waals surface area (Å²) in [7, 11) is 0. The van der Waals surface area contributed by atoms with Gasteiger partial charge in [-0.15, -0.1) is 0 Å². The zero-order valence-corrected chi connectivity index (χ0v) is 29.2. The van der Waals surface area contributed by atoms with Gasteiger partial charge in [-0.1, -0.05) is 176 Å². The van der Waals surface area contributed by atoms with E-state index in [1.54, 1.807) is 0 Å². The highest BCUT2D eigenvalue weighted by Crippen LogP contribution is 2.47. The van der Waals surface area contributed by atoms with Gasteiger partial charge in [0.1, 0.15) is 0 Å².